The predicted octanol–water partition coefficient (Wildman–Crippen LogP) is 5.11. The van der Waals surface area contributed by atoms with Crippen molar-refractivity contribution in [3.05, 3.63) is 65.0 Å². The van der Waals surface area contributed by atoms with Gasteiger partial charge in [0, 0.05) is 5.69 Å². The maximum atomic E-state index is 4.53. The first-order valence-corrected chi connectivity index (χ1v) is 10.2. The largest absolute Gasteiger partial charge is 0.373 e. The van der Waals surface area contributed by atoms with E-state index < -0.39 is 0 Å². The van der Waals surface area contributed by atoms with Crippen LogP contribution in [0, 0.1) is 26.7 Å². The summed E-state index contributed by atoms with van der Waals surface area (Å²) in [5.41, 5.74) is 5.62. The molecule has 0 spiro atoms. The topological polar surface area (TPSA) is 55.6 Å². The third kappa shape index (κ3) is 3.53. The molecule has 0 bridgehead atoms. The molecule has 0 saturated heterocycles. The van der Waals surface area contributed by atoms with Crippen LogP contribution in [0.25, 0.3) is 5.69 Å². The van der Waals surface area contributed by atoms with E-state index >= 15 is 0 Å². The molecule has 2 aromatic carbocycles. The fourth-order valence-electron chi connectivity index (χ4n) is 4.43. The summed E-state index contributed by atoms with van der Waals surface area (Å²) in [6, 6.07) is 14.9. The maximum absolute atomic E-state index is 4.53. The van der Waals surface area contributed by atoms with Gasteiger partial charge in [0.1, 0.15) is 0 Å². The number of hydrogen-bond donors (Lipinski definition) is 1. The summed E-state index contributed by atoms with van der Waals surface area (Å²) in [6.45, 7) is 8.73. The van der Waals surface area contributed by atoms with Crippen molar-refractivity contribution in [1.29, 1.82) is 0 Å². The molecule has 4 rings (SSSR count). The minimum Gasteiger partial charge on any atom is -0.373 e. The second-order valence-corrected chi connectivity index (χ2v) is 8.47. The van der Waals surface area contributed by atoms with Gasteiger partial charge in [-0.2, -0.15) is 4.68 Å². The number of tetrazole rings is 1. The number of para-hydroxylation sites is 1. The Kier molecular flexibility index (Phi) is 4.92. The second kappa shape index (κ2) is 7.38. The van der Waals surface area contributed by atoms with E-state index in [-0.39, 0.29) is 5.54 Å². The van der Waals surface area contributed by atoms with Crippen LogP contribution < -0.4 is 5.32 Å². The first kappa shape index (κ1) is 18.7. The van der Waals surface area contributed by atoms with Crippen molar-refractivity contribution < 1.29 is 0 Å². The van der Waals surface area contributed by atoms with Crippen LogP contribution in [0.3, 0.4) is 0 Å². The van der Waals surface area contributed by atoms with Gasteiger partial charge in [-0.3, -0.25) is 0 Å². The number of anilines is 1. The standard InChI is InChI=1S/C23H29N5/c1-16-9-11-23(12-10-16,24-20-14-17(2)13-18(3)15-20)22-25-26-27-28(22)21-8-6-5-7-19(21)4/h5-8,13-16,24H,9-12H2,1-4H3. The van der Waals surface area contributed by atoms with E-state index in [1.807, 2.05) is 10.7 Å². The monoisotopic (exact) mass is 375 g/mol. The molecule has 1 fully saturated rings. The minimum absolute atomic E-state index is 0.265. The van der Waals surface area contributed by atoms with Crippen LogP contribution in [-0.2, 0) is 5.54 Å². The maximum Gasteiger partial charge on any atom is 0.181 e. The van der Waals surface area contributed by atoms with E-state index in [4.69, 9.17) is 0 Å². The summed E-state index contributed by atoms with van der Waals surface area (Å²) in [4.78, 5) is 0. The lowest BCUT2D eigenvalue weighted by Gasteiger charge is -2.40. The van der Waals surface area contributed by atoms with Gasteiger partial charge in [0.15, 0.2) is 5.82 Å². The Morgan fingerprint density at radius 3 is 2.36 bits per heavy atom. The van der Waals surface area contributed by atoms with Gasteiger partial charge in [0.2, 0.25) is 0 Å². The summed E-state index contributed by atoms with van der Waals surface area (Å²) in [7, 11) is 0. The molecular weight excluding hydrogens is 346 g/mol. The molecule has 0 atom stereocenters. The van der Waals surface area contributed by atoms with E-state index in [1.54, 1.807) is 0 Å². The van der Waals surface area contributed by atoms with Gasteiger partial charge in [0.05, 0.1) is 11.2 Å². The Bertz CT molecular complexity index is 946. The molecule has 1 aliphatic rings. The molecule has 1 aliphatic carbocycles. The molecule has 0 amide bonds. The third-order valence-corrected chi connectivity index (χ3v) is 5.97. The lowest BCUT2D eigenvalue weighted by atomic mass is 9.76. The molecule has 3 aromatic rings. The Labute approximate surface area is 167 Å². The number of aryl methyl sites for hydroxylation is 3. The van der Waals surface area contributed by atoms with Crippen molar-refractivity contribution in [2.75, 3.05) is 5.32 Å². The normalized spacial score (nSPS) is 22.2. The van der Waals surface area contributed by atoms with Crippen LogP contribution >= 0.6 is 0 Å². The van der Waals surface area contributed by atoms with Crippen molar-refractivity contribution in [1.82, 2.24) is 20.2 Å². The zero-order chi connectivity index (χ0) is 19.7. The van der Waals surface area contributed by atoms with Crippen LogP contribution in [0.5, 0.6) is 0 Å². The molecule has 1 aromatic heterocycles. The molecular formula is C23H29N5. The lowest BCUT2D eigenvalue weighted by molar-refractivity contribution is 0.255. The van der Waals surface area contributed by atoms with Crippen LogP contribution in [-0.4, -0.2) is 20.2 Å². The van der Waals surface area contributed by atoms with Crippen molar-refractivity contribution in [2.45, 2.75) is 58.9 Å². The first-order valence-electron chi connectivity index (χ1n) is 10.2. The van der Waals surface area contributed by atoms with Crippen molar-refractivity contribution >= 4 is 5.69 Å². The highest BCUT2D eigenvalue weighted by molar-refractivity contribution is 5.52. The van der Waals surface area contributed by atoms with E-state index in [2.05, 4.69) is 84.9 Å². The SMILES string of the molecule is Cc1cc(C)cc(NC2(c3nnnn3-c3ccccc3C)CCC(C)CC2)c1. The first-order chi connectivity index (χ1) is 13.5. The Morgan fingerprint density at radius 2 is 1.68 bits per heavy atom. The fourth-order valence-corrected chi connectivity index (χ4v) is 4.43. The van der Waals surface area contributed by atoms with Gasteiger partial charge in [0.25, 0.3) is 0 Å². The van der Waals surface area contributed by atoms with Crippen molar-refractivity contribution in [3.8, 4) is 5.69 Å². The van der Waals surface area contributed by atoms with Gasteiger partial charge in [-0.05, 0) is 97.7 Å². The fraction of sp³-hybridized carbons (Fsp3) is 0.435. The predicted molar refractivity (Wildman–Crippen MR) is 113 cm³/mol. The molecule has 1 saturated carbocycles. The summed E-state index contributed by atoms with van der Waals surface area (Å²) >= 11 is 0. The molecule has 5 nitrogen and oxygen atoms in total. The number of rotatable bonds is 4. The van der Waals surface area contributed by atoms with Crippen LogP contribution in [0.2, 0.25) is 0 Å². The van der Waals surface area contributed by atoms with Crippen molar-refractivity contribution in [2.24, 2.45) is 5.92 Å². The minimum atomic E-state index is -0.265. The number of aromatic nitrogens is 4. The Hall–Kier alpha value is -2.69. The Morgan fingerprint density at radius 1 is 1.00 bits per heavy atom. The van der Waals surface area contributed by atoms with Crippen LogP contribution in [0.4, 0.5) is 5.69 Å². The lowest BCUT2D eigenvalue weighted by Crippen LogP contribution is -2.41. The number of nitrogens with zero attached hydrogens (tertiary/aromatic N) is 4. The van der Waals surface area contributed by atoms with Gasteiger partial charge >= 0.3 is 0 Å². The van der Waals surface area contributed by atoms with E-state index in [0.29, 0.717) is 0 Å². The highest BCUT2D eigenvalue weighted by atomic mass is 15.6. The smallest absolute Gasteiger partial charge is 0.181 e. The average Bonchev–Trinajstić information content (AvgIpc) is 3.14. The average molecular weight is 376 g/mol. The third-order valence-electron chi connectivity index (χ3n) is 5.97. The zero-order valence-electron chi connectivity index (χ0n) is 17.2. The van der Waals surface area contributed by atoms with E-state index in [9.17, 15) is 0 Å². The summed E-state index contributed by atoms with van der Waals surface area (Å²) in [5.74, 6) is 1.64. The zero-order valence-corrected chi connectivity index (χ0v) is 17.2. The van der Waals surface area contributed by atoms with Gasteiger partial charge in [-0.25, -0.2) is 0 Å². The highest BCUT2D eigenvalue weighted by Gasteiger charge is 2.41. The summed E-state index contributed by atoms with van der Waals surface area (Å²) in [5, 5.41) is 16.9. The molecule has 28 heavy (non-hydrogen) atoms. The number of nitrogens with one attached hydrogen (secondary N) is 1. The van der Waals surface area contributed by atoms with Gasteiger partial charge in [-0.15, -0.1) is 5.10 Å². The van der Waals surface area contributed by atoms with Crippen LogP contribution in [0.1, 0.15) is 55.1 Å². The quantitative estimate of drug-likeness (QED) is 0.689. The van der Waals surface area contributed by atoms with Crippen molar-refractivity contribution in [3.63, 3.8) is 0 Å². The highest BCUT2D eigenvalue weighted by Crippen LogP contribution is 2.42. The summed E-state index contributed by atoms with van der Waals surface area (Å²) < 4.78 is 1.93. The Balaban J connectivity index is 1.80. The molecule has 0 unspecified atom stereocenters. The molecule has 1 heterocycles. The molecule has 1 N–H and O–H groups in total. The molecule has 5 heteroatoms. The van der Waals surface area contributed by atoms with Gasteiger partial charge in [-0.1, -0.05) is 31.2 Å². The number of benzene rings is 2. The van der Waals surface area contributed by atoms with Crippen LogP contribution in [0.15, 0.2) is 42.5 Å². The van der Waals surface area contributed by atoms with E-state index in [1.165, 1.54) is 29.5 Å². The van der Waals surface area contributed by atoms with E-state index in [0.717, 1.165) is 36.0 Å². The molecule has 0 aliphatic heterocycles. The molecule has 0 radical (unpaired) electrons. The number of hydrogen-bond acceptors (Lipinski definition) is 4. The molecule has 146 valence electrons. The second-order valence-electron chi connectivity index (χ2n) is 8.47. The summed E-state index contributed by atoms with van der Waals surface area (Å²) in [6.07, 6.45) is 4.37. The van der Waals surface area contributed by atoms with Gasteiger partial charge < -0.3 is 5.32 Å².